The van der Waals surface area contributed by atoms with Gasteiger partial charge in [-0.1, -0.05) is 11.6 Å². The second kappa shape index (κ2) is 9.64. The summed E-state index contributed by atoms with van der Waals surface area (Å²) in [5, 5.41) is 7.01. The van der Waals surface area contributed by atoms with Gasteiger partial charge in [0.05, 0.1) is 11.1 Å². The summed E-state index contributed by atoms with van der Waals surface area (Å²) < 4.78 is 7.72. The largest absolute Gasteiger partial charge is 0.489 e. The number of aryl methyl sites for hydroxylation is 1. The standard InChI is InChI=1S/C22H25ClN4O2S/c1-2-27-14-18(12-24-27)13-25-7-9-26(10-8-25)22(28)21-11-17(16-30-21)15-29-20-5-3-19(23)4-6-20/h3-6,11-12,14,16H,2,7-10,13,15H2,1H3. The molecule has 8 heteroatoms. The lowest BCUT2D eigenvalue weighted by Crippen LogP contribution is -2.48. The molecule has 4 rings (SSSR count). The molecule has 30 heavy (non-hydrogen) atoms. The van der Waals surface area contributed by atoms with Crippen LogP contribution in [-0.4, -0.2) is 51.7 Å². The smallest absolute Gasteiger partial charge is 0.264 e. The molecular weight excluding hydrogens is 420 g/mol. The van der Waals surface area contributed by atoms with Crippen LogP contribution < -0.4 is 4.74 Å². The van der Waals surface area contributed by atoms with Crippen LogP contribution in [0.1, 0.15) is 27.7 Å². The van der Waals surface area contributed by atoms with Crippen LogP contribution in [-0.2, 0) is 19.7 Å². The van der Waals surface area contributed by atoms with Gasteiger partial charge in [-0.15, -0.1) is 11.3 Å². The topological polar surface area (TPSA) is 50.6 Å². The number of nitrogens with zero attached hydrogens (tertiary/aromatic N) is 4. The Morgan fingerprint density at radius 3 is 2.63 bits per heavy atom. The van der Waals surface area contributed by atoms with Crippen molar-refractivity contribution in [1.82, 2.24) is 19.6 Å². The van der Waals surface area contributed by atoms with E-state index in [1.165, 1.54) is 16.9 Å². The summed E-state index contributed by atoms with van der Waals surface area (Å²) in [6.07, 6.45) is 4.02. The van der Waals surface area contributed by atoms with E-state index in [4.69, 9.17) is 16.3 Å². The summed E-state index contributed by atoms with van der Waals surface area (Å²) in [5.74, 6) is 0.871. The molecule has 3 heterocycles. The van der Waals surface area contributed by atoms with E-state index >= 15 is 0 Å². The number of rotatable bonds is 7. The van der Waals surface area contributed by atoms with E-state index in [0.29, 0.717) is 11.6 Å². The van der Waals surface area contributed by atoms with Crippen molar-refractivity contribution in [3.8, 4) is 5.75 Å². The van der Waals surface area contributed by atoms with Gasteiger partial charge in [-0.3, -0.25) is 14.4 Å². The molecule has 0 radical (unpaired) electrons. The van der Waals surface area contributed by atoms with Crippen LogP contribution >= 0.6 is 22.9 Å². The number of halogens is 1. The number of carbonyl (C=O) groups is 1. The Morgan fingerprint density at radius 1 is 1.17 bits per heavy atom. The second-order valence-electron chi connectivity index (χ2n) is 7.33. The molecule has 0 bridgehead atoms. The minimum Gasteiger partial charge on any atom is -0.489 e. The van der Waals surface area contributed by atoms with Crippen LogP contribution in [0.3, 0.4) is 0 Å². The first-order chi connectivity index (χ1) is 14.6. The maximum absolute atomic E-state index is 12.9. The first kappa shape index (κ1) is 20.9. The van der Waals surface area contributed by atoms with Gasteiger partial charge in [0.15, 0.2) is 0 Å². The van der Waals surface area contributed by atoms with Crippen LogP contribution in [0.5, 0.6) is 5.75 Å². The number of hydrogen-bond donors (Lipinski definition) is 0. The van der Waals surface area contributed by atoms with E-state index < -0.39 is 0 Å². The first-order valence-electron chi connectivity index (χ1n) is 10.1. The summed E-state index contributed by atoms with van der Waals surface area (Å²) in [6, 6.07) is 9.22. The maximum atomic E-state index is 12.9. The zero-order valence-corrected chi connectivity index (χ0v) is 18.5. The van der Waals surface area contributed by atoms with Gasteiger partial charge in [-0.05, 0) is 42.6 Å². The molecule has 3 aromatic rings. The van der Waals surface area contributed by atoms with Crippen LogP contribution in [0.15, 0.2) is 48.1 Å². The Balaban J connectivity index is 1.26. The molecule has 0 atom stereocenters. The molecular formula is C22H25ClN4O2S. The fourth-order valence-corrected chi connectivity index (χ4v) is 4.43. The molecule has 0 saturated carbocycles. The average molecular weight is 445 g/mol. The second-order valence-corrected chi connectivity index (χ2v) is 8.68. The molecule has 2 aromatic heterocycles. The molecule has 158 valence electrons. The highest BCUT2D eigenvalue weighted by Gasteiger charge is 2.23. The van der Waals surface area contributed by atoms with Crippen molar-refractivity contribution < 1.29 is 9.53 Å². The number of carbonyl (C=O) groups excluding carboxylic acids is 1. The monoisotopic (exact) mass is 444 g/mol. The fourth-order valence-electron chi connectivity index (χ4n) is 3.45. The van der Waals surface area contributed by atoms with E-state index in [2.05, 4.69) is 23.1 Å². The average Bonchev–Trinajstić information content (AvgIpc) is 3.43. The summed E-state index contributed by atoms with van der Waals surface area (Å²) in [4.78, 5) is 18.0. The Bertz CT molecular complexity index is 977. The number of amides is 1. The lowest BCUT2D eigenvalue weighted by Gasteiger charge is -2.34. The molecule has 1 saturated heterocycles. The van der Waals surface area contributed by atoms with E-state index in [1.54, 1.807) is 12.1 Å². The van der Waals surface area contributed by atoms with Crippen LogP contribution in [0.2, 0.25) is 5.02 Å². The summed E-state index contributed by atoms with van der Waals surface area (Å²) in [6.45, 7) is 7.53. The molecule has 1 aliphatic rings. The van der Waals surface area contributed by atoms with Crippen molar-refractivity contribution in [3.63, 3.8) is 0 Å². The van der Waals surface area contributed by atoms with E-state index in [-0.39, 0.29) is 5.91 Å². The number of benzene rings is 1. The minimum absolute atomic E-state index is 0.108. The number of aromatic nitrogens is 2. The first-order valence-corrected chi connectivity index (χ1v) is 11.3. The molecule has 0 aliphatic carbocycles. The van der Waals surface area contributed by atoms with Gasteiger partial charge in [0, 0.05) is 61.6 Å². The Labute approximate surface area is 185 Å². The van der Waals surface area contributed by atoms with Crippen molar-refractivity contribution >= 4 is 28.8 Å². The third-order valence-electron chi connectivity index (χ3n) is 5.16. The quantitative estimate of drug-likeness (QED) is 0.549. The summed E-state index contributed by atoms with van der Waals surface area (Å²) in [5.41, 5.74) is 2.23. The van der Waals surface area contributed by atoms with Gasteiger partial charge in [-0.25, -0.2) is 0 Å². The third kappa shape index (κ3) is 5.22. The van der Waals surface area contributed by atoms with E-state index in [1.807, 2.05) is 39.4 Å². The number of piperazine rings is 1. The van der Waals surface area contributed by atoms with Gasteiger partial charge in [0.1, 0.15) is 12.4 Å². The van der Waals surface area contributed by atoms with Crippen molar-refractivity contribution in [2.75, 3.05) is 26.2 Å². The molecule has 6 nitrogen and oxygen atoms in total. The predicted octanol–water partition coefficient (Wildman–Crippen LogP) is 4.15. The molecule has 1 aromatic carbocycles. The molecule has 1 fully saturated rings. The van der Waals surface area contributed by atoms with E-state index in [9.17, 15) is 4.79 Å². The number of thiophene rings is 1. The molecule has 0 spiro atoms. The van der Waals surface area contributed by atoms with Crippen molar-refractivity contribution in [3.05, 3.63) is 69.1 Å². The molecule has 1 amide bonds. The maximum Gasteiger partial charge on any atom is 0.264 e. The van der Waals surface area contributed by atoms with Crippen molar-refractivity contribution in [2.24, 2.45) is 0 Å². The number of ether oxygens (including phenoxy) is 1. The van der Waals surface area contributed by atoms with Gasteiger partial charge in [-0.2, -0.15) is 5.10 Å². The lowest BCUT2D eigenvalue weighted by molar-refractivity contribution is 0.0633. The Kier molecular flexibility index (Phi) is 6.72. The van der Waals surface area contributed by atoms with Gasteiger partial charge >= 0.3 is 0 Å². The normalized spacial score (nSPS) is 14.8. The minimum atomic E-state index is 0.108. The molecule has 1 aliphatic heterocycles. The Morgan fingerprint density at radius 2 is 1.93 bits per heavy atom. The molecule has 0 N–H and O–H groups in total. The summed E-state index contributed by atoms with van der Waals surface area (Å²) >= 11 is 7.38. The van der Waals surface area contributed by atoms with Crippen LogP contribution in [0.4, 0.5) is 0 Å². The highest BCUT2D eigenvalue weighted by Crippen LogP contribution is 2.21. The van der Waals surface area contributed by atoms with Gasteiger partial charge < -0.3 is 9.64 Å². The van der Waals surface area contributed by atoms with Crippen LogP contribution in [0, 0.1) is 0 Å². The van der Waals surface area contributed by atoms with Crippen molar-refractivity contribution in [2.45, 2.75) is 26.6 Å². The van der Waals surface area contributed by atoms with Crippen LogP contribution in [0.25, 0.3) is 0 Å². The Hall–Kier alpha value is -2.35. The lowest BCUT2D eigenvalue weighted by atomic mass is 10.2. The van der Waals surface area contributed by atoms with E-state index in [0.717, 1.165) is 55.5 Å². The highest BCUT2D eigenvalue weighted by molar-refractivity contribution is 7.12. The fraction of sp³-hybridized carbons (Fsp3) is 0.364. The van der Waals surface area contributed by atoms with Crippen molar-refractivity contribution in [1.29, 1.82) is 0 Å². The molecule has 0 unspecified atom stereocenters. The predicted molar refractivity (Wildman–Crippen MR) is 119 cm³/mol. The zero-order chi connectivity index (χ0) is 20.9. The zero-order valence-electron chi connectivity index (χ0n) is 17.0. The van der Waals surface area contributed by atoms with Gasteiger partial charge in [0.25, 0.3) is 5.91 Å². The van der Waals surface area contributed by atoms with Gasteiger partial charge in [0.2, 0.25) is 0 Å². The SMILES string of the molecule is CCn1cc(CN2CCN(C(=O)c3cc(COc4ccc(Cl)cc4)cs3)CC2)cn1. The number of hydrogen-bond acceptors (Lipinski definition) is 5. The summed E-state index contributed by atoms with van der Waals surface area (Å²) in [7, 11) is 0. The third-order valence-corrected chi connectivity index (χ3v) is 6.38. The highest BCUT2D eigenvalue weighted by atomic mass is 35.5.